The first-order valence-corrected chi connectivity index (χ1v) is 6.10. The lowest BCUT2D eigenvalue weighted by Gasteiger charge is -2.06. The van der Waals surface area contributed by atoms with Gasteiger partial charge in [-0.25, -0.2) is 4.39 Å². The summed E-state index contributed by atoms with van der Waals surface area (Å²) in [5.41, 5.74) is 8.76. The number of rotatable bonds is 3. The Morgan fingerprint density at radius 3 is 2.27 bits per heavy atom. The molecule has 0 N–H and O–H groups in total. The molecule has 0 spiro atoms. The zero-order chi connectivity index (χ0) is 16.2. The zero-order valence-electron chi connectivity index (χ0n) is 11.0. The molecular formula is C15H9F4N3. The molecule has 112 valence electrons. The monoisotopic (exact) mass is 307 g/mol. The van der Waals surface area contributed by atoms with Crippen LogP contribution in [0.15, 0.2) is 47.6 Å². The molecule has 2 rings (SSSR count). The van der Waals surface area contributed by atoms with Gasteiger partial charge in [-0.1, -0.05) is 29.4 Å². The number of nitrogens with zero attached hydrogens (tertiary/aromatic N) is 3. The van der Waals surface area contributed by atoms with Gasteiger partial charge in [-0.05, 0) is 47.0 Å². The van der Waals surface area contributed by atoms with Crippen molar-refractivity contribution in [3.8, 4) is 0 Å². The average molecular weight is 307 g/mol. The summed E-state index contributed by atoms with van der Waals surface area (Å²) in [6.07, 6.45) is -1.42. The molecule has 0 fully saturated rings. The SMILES string of the molecule is [N-]=[N+]=Nc1ccc(F)cc1/C=C/c1ccc(C(F)(F)F)cc1. The van der Waals surface area contributed by atoms with Gasteiger partial charge in [0.05, 0.1) is 5.56 Å². The van der Waals surface area contributed by atoms with Crippen LogP contribution in [-0.2, 0) is 6.18 Å². The van der Waals surface area contributed by atoms with Crippen molar-refractivity contribution in [3.05, 3.63) is 75.4 Å². The maximum atomic E-state index is 13.2. The Balaban J connectivity index is 2.29. The van der Waals surface area contributed by atoms with Gasteiger partial charge >= 0.3 is 6.18 Å². The summed E-state index contributed by atoms with van der Waals surface area (Å²) < 4.78 is 50.5. The van der Waals surface area contributed by atoms with E-state index in [1.54, 1.807) is 0 Å². The first-order chi connectivity index (χ1) is 10.4. The molecule has 0 aromatic heterocycles. The molecule has 0 atom stereocenters. The quantitative estimate of drug-likeness (QED) is 0.221. The molecule has 22 heavy (non-hydrogen) atoms. The molecule has 2 aromatic carbocycles. The van der Waals surface area contributed by atoms with E-state index < -0.39 is 17.6 Å². The Kier molecular flexibility index (Phi) is 4.48. The van der Waals surface area contributed by atoms with Crippen LogP contribution in [0.2, 0.25) is 0 Å². The third-order valence-corrected chi connectivity index (χ3v) is 2.84. The van der Waals surface area contributed by atoms with Crippen LogP contribution in [0, 0.1) is 5.82 Å². The van der Waals surface area contributed by atoms with Crippen molar-refractivity contribution in [2.45, 2.75) is 6.18 Å². The molecule has 0 saturated carbocycles. The van der Waals surface area contributed by atoms with Gasteiger partial charge in [-0.15, -0.1) is 0 Å². The first kappa shape index (κ1) is 15.6. The summed E-state index contributed by atoms with van der Waals surface area (Å²) in [4.78, 5) is 2.63. The van der Waals surface area contributed by atoms with Crippen LogP contribution >= 0.6 is 0 Å². The second-order valence-corrected chi connectivity index (χ2v) is 4.35. The van der Waals surface area contributed by atoms with E-state index in [2.05, 4.69) is 10.0 Å². The molecule has 3 nitrogen and oxygen atoms in total. The molecule has 0 heterocycles. The van der Waals surface area contributed by atoms with Crippen molar-refractivity contribution in [1.82, 2.24) is 0 Å². The van der Waals surface area contributed by atoms with Gasteiger partial charge in [0.1, 0.15) is 5.82 Å². The topological polar surface area (TPSA) is 48.8 Å². The lowest BCUT2D eigenvalue weighted by molar-refractivity contribution is -0.137. The molecule has 0 aliphatic rings. The van der Waals surface area contributed by atoms with E-state index >= 15 is 0 Å². The minimum Gasteiger partial charge on any atom is -0.207 e. The van der Waals surface area contributed by atoms with Crippen LogP contribution in [0.25, 0.3) is 22.6 Å². The van der Waals surface area contributed by atoms with Crippen molar-refractivity contribution < 1.29 is 17.6 Å². The number of hydrogen-bond acceptors (Lipinski definition) is 1. The smallest absolute Gasteiger partial charge is 0.207 e. The third-order valence-electron chi connectivity index (χ3n) is 2.84. The molecule has 0 unspecified atom stereocenters. The van der Waals surface area contributed by atoms with Gasteiger partial charge in [0.2, 0.25) is 0 Å². The highest BCUT2D eigenvalue weighted by molar-refractivity contribution is 5.75. The number of azide groups is 1. The van der Waals surface area contributed by atoms with E-state index in [0.717, 1.165) is 18.2 Å². The van der Waals surface area contributed by atoms with E-state index in [0.29, 0.717) is 11.1 Å². The summed E-state index contributed by atoms with van der Waals surface area (Å²) in [6.45, 7) is 0. The normalized spacial score (nSPS) is 11.5. The van der Waals surface area contributed by atoms with Gasteiger partial charge in [-0.3, -0.25) is 0 Å². The van der Waals surface area contributed by atoms with Crippen molar-refractivity contribution in [3.63, 3.8) is 0 Å². The van der Waals surface area contributed by atoms with Gasteiger partial charge in [-0.2, -0.15) is 13.2 Å². The highest BCUT2D eigenvalue weighted by atomic mass is 19.4. The summed E-state index contributed by atoms with van der Waals surface area (Å²) in [6, 6.07) is 8.16. The lowest BCUT2D eigenvalue weighted by Crippen LogP contribution is -2.03. The zero-order valence-corrected chi connectivity index (χ0v) is 11.0. The van der Waals surface area contributed by atoms with Crippen LogP contribution in [0.5, 0.6) is 0 Å². The Morgan fingerprint density at radius 2 is 1.68 bits per heavy atom. The van der Waals surface area contributed by atoms with Crippen LogP contribution in [0.4, 0.5) is 23.2 Å². The molecule has 0 saturated heterocycles. The van der Waals surface area contributed by atoms with Crippen molar-refractivity contribution in [2.75, 3.05) is 0 Å². The summed E-state index contributed by atoms with van der Waals surface area (Å²) in [5.74, 6) is -0.510. The van der Waals surface area contributed by atoms with Gasteiger partial charge < -0.3 is 0 Å². The number of benzene rings is 2. The van der Waals surface area contributed by atoms with Crippen molar-refractivity contribution in [1.29, 1.82) is 0 Å². The predicted octanol–water partition coefficient (Wildman–Crippen LogP) is 5.96. The van der Waals surface area contributed by atoms with Crippen LogP contribution < -0.4 is 0 Å². The number of halogens is 4. The molecule has 0 bridgehead atoms. The van der Waals surface area contributed by atoms with E-state index in [1.807, 2.05) is 0 Å². The Morgan fingerprint density at radius 1 is 1.00 bits per heavy atom. The maximum Gasteiger partial charge on any atom is 0.416 e. The third kappa shape index (κ3) is 3.86. The van der Waals surface area contributed by atoms with Crippen molar-refractivity contribution >= 4 is 17.8 Å². The second kappa shape index (κ2) is 6.32. The standard InChI is InChI=1S/C15H9F4N3/c16-13-7-8-14(21-22-20)11(9-13)4-1-10-2-5-12(6-3-10)15(17,18)19/h1-9H/b4-1+. The predicted molar refractivity (Wildman–Crippen MR) is 75.6 cm³/mol. The fraction of sp³-hybridized carbons (Fsp3) is 0.0667. The van der Waals surface area contributed by atoms with Gasteiger partial charge in [0.15, 0.2) is 0 Å². The van der Waals surface area contributed by atoms with Crippen LogP contribution in [-0.4, -0.2) is 0 Å². The lowest BCUT2D eigenvalue weighted by atomic mass is 10.1. The van der Waals surface area contributed by atoms with Crippen molar-refractivity contribution in [2.24, 2.45) is 5.11 Å². The summed E-state index contributed by atoms with van der Waals surface area (Å²) in [7, 11) is 0. The Bertz CT molecular complexity index is 742. The van der Waals surface area contributed by atoms with Crippen LogP contribution in [0.1, 0.15) is 16.7 Å². The first-order valence-electron chi connectivity index (χ1n) is 6.10. The summed E-state index contributed by atoms with van der Waals surface area (Å²) in [5, 5.41) is 3.42. The average Bonchev–Trinajstić information content (AvgIpc) is 2.47. The maximum absolute atomic E-state index is 13.2. The fourth-order valence-corrected chi connectivity index (χ4v) is 1.77. The highest BCUT2D eigenvalue weighted by Gasteiger charge is 2.29. The molecule has 0 aliphatic carbocycles. The van der Waals surface area contributed by atoms with E-state index in [1.165, 1.54) is 36.4 Å². The second-order valence-electron chi connectivity index (χ2n) is 4.35. The summed E-state index contributed by atoms with van der Waals surface area (Å²) >= 11 is 0. The van der Waals surface area contributed by atoms with E-state index in [4.69, 9.17) is 5.53 Å². The molecule has 7 heteroatoms. The minimum absolute atomic E-state index is 0.229. The van der Waals surface area contributed by atoms with Gasteiger partial charge in [0, 0.05) is 10.6 Å². The Hall–Kier alpha value is -2.79. The largest absolute Gasteiger partial charge is 0.416 e. The Labute approximate surface area is 123 Å². The van der Waals surface area contributed by atoms with Gasteiger partial charge in [0.25, 0.3) is 0 Å². The molecule has 0 amide bonds. The number of hydrogen-bond donors (Lipinski definition) is 0. The molecular weight excluding hydrogens is 298 g/mol. The minimum atomic E-state index is -4.39. The van der Waals surface area contributed by atoms with E-state index in [-0.39, 0.29) is 5.69 Å². The molecule has 0 radical (unpaired) electrons. The molecule has 2 aromatic rings. The fourth-order valence-electron chi connectivity index (χ4n) is 1.77. The molecule has 0 aliphatic heterocycles. The highest BCUT2D eigenvalue weighted by Crippen LogP contribution is 2.29. The number of alkyl halides is 3. The van der Waals surface area contributed by atoms with Crippen LogP contribution in [0.3, 0.4) is 0 Å². The van der Waals surface area contributed by atoms with E-state index in [9.17, 15) is 17.6 Å².